The van der Waals surface area contributed by atoms with Crippen molar-refractivity contribution in [1.82, 2.24) is 4.31 Å². The van der Waals surface area contributed by atoms with E-state index in [1.807, 2.05) is 44.2 Å². The van der Waals surface area contributed by atoms with Gasteiger partial charge in [-0.2, -0.15) is 4.31 Å². The molecule has 0 bridgehead atoms. The van der Waals surface area contributed by atoms with Crippen LogP contribution >= 0.6 is 0 Å². The molecular formula is C19H24N2O3S. The van der Waals surface area contributed by atoms with Crippen LogP contribution in [0.3, 0.4) is 0 Å². The smallest absolute Gasteiger partial charge is 0.243 e. The molecule has 1 amide bonds. The van der Waals surface area contributed by atoms with Crippen molar-refractivity contribution in [2.45, 2.75) is 37.6 Å². The fraction of sp³-hybridized carbons (Fsp3) is 0.316. The van der Waals surface area contributed by atoms with Crippen molar-refractivity contribution < 1.29 is 13.2 Å². The molecule has 0 aliphatic carbocycles. The number of amides is 1. The van der Waals surface area contributed by atoms with Crippen LogP contribution in [0.2, 0.25) is 0 Å². The topological polar surface area (TPSA) is 66.5 Å². The molecule has 5 nitrogen and oxygen atoms in total. The van der Waals surface area contributed by atoms with Crippen LogP contribution in [-0.4, -0.2) is 31.7 Å². The van der Waals surface area contributed by atoms with Crippen molar-refractivity contribution in [2.24, 2.45) is 0 Å². The van der Waals surface area contributed by atoms with Gasteiger partial charge in [-0.1, -0.05) is 30.3 Å². The lowest BCUT2D eigenvalue weighted by Crippen LogP contribution is -2.33. The number of carbonyl (C=O) groups excluding carboxylic acids is 1. The SMILES string of the molecule is CC(C)N(C)S(=O)(=O)c1ccc(NC(=O)CCc2ccccc2)cc1. The van der Waals surface area contributed by atoms with Gasteiger partial charge in [-0.3, -0.25) is 4.79 Å². The maximum atomic E-state index is 12.4. The van der Waals surface area contributed by atoms with Crippen LogP contribution in [0, 0.1) is 0 Å². The van der Waals surface area contributed by atoms with Crippen LogP contribution in [-0.2, 0) is 21.2 Å². The third-order valence-corrected chi connectivity index (χ3v) is 6.07. The number of hydrogen-bond acceptors (Lipinski definition) is 3. The van der Waals surface area contributed by atoms with Gasteiger partial charge in [0.05, 0.1) is 4.90 Å². The quantitative estimate of drug-likeness (QED) is 0.824. The highest BCUT2D eigenvalue weighted by Gasteiger charge is 2.22. The first kappa shape index (κ1) is 19.1. The summed E-state index contributed by atoms with van der Waals surface area (Å²) in [7, 11) is -1.95. The number of nitrogens with zero attached hydrogens (tertiary/aromatic N) is 1. The Balaban J connectivity index is 1.97. The predicted octanol–water partition coefficient (Wildman–Crippen LogP) is 3.29. The summed E-state index contributed by atoms with van der Waals surface area (Å²) >= 11 is 0. The van der Waals surface area contributed by atoms with Crippen LogP contribution in [0.1, 0.15) is 25.8 Å². The van der Waals surface area contributed by atoms with Crippen molar-refractivity contribution in [3.05, 3.63) is 60.2 Å². The van der Waals surface area contributed by atoms with Gasteiger partial charge < -0.3 is 5.32 Å². The van der Waals surface area contributed by atoms with Gasteiger partial charge in [0.1, 0.15) is 0 Å². The summed E-state index contributed by atoms with van der Waals surface area (Å²) in [5, 5.41) is 2.80. The molecule has 0 saturated heterocycles. The molecular weight excluding hydrogens is 336 g/mol. The molecule has 6 heteroatoms. The Hall–Kier alpha value is -2.18. The lowest BCUT2D eigenvalue weighted by Gasteiger charge is -2.21. The van der Waals surface area contributed by atoms with Gasteiger partial charge >= 0.3 is 0 Å². The van der Waals surface area contributed by atoms with Gasteiger partial charge in [0.2, 0.25) is 15.9 Å². The first-order chi connectivity index (χ1) is 11.8. The normalized spacial score (nSPS) is 11.7. The summed E-state index contributed by atoms with van der Waals surface area (Å²) in [4.78, 5) is 12.2. The summed E-state index contributed by atoms with van der Waals surface area (Å²) in [5.74, 6) is -0.0984. The van der Waals surface area contributed by atoms with Crippen LogP contribution in [0.4, 0.5) is 5.69 Å². The minimum Gasteiger partial charge on any atom is -0.326 e. The fourth-order valence-electron chi connectivity index (χ4n) is 2.28. The Labute approximate surface area is 149 Å². The molecule has 0 radical (unpaired) electrons. The highest BCUT2D eigenvalue weighted by Crippen LogP contribution is 2.19. The molecule has 0 saturated carbocycles. The lowest BCUT2D eigenvalue weighted by molar-refractivity contribution is -0.116. The molecule has 0 fully saturated rings. The Morgan fingerprint density at radius 1 is 1.04 bits per heavy atom. The molecule has 0 aliphatic heterocycles. The number of sulfonamides is 1. The molecule has 2 aromatic rings. The maximum Gasteiger partial charge on any atom is 0.243 e. The summed E-state index contributed by atoms with van der Waals surface area (Å²) in [5.41, 5.74) is 1.69. The number of benzene rings is 2. The van der Waals surface area contributed by atoms with Gasteiger partial charge in [0.15, 0.2) is 0 Å². The Morgan fingerprint density at radius 2 is 1.64 bits per heavy atom. The van der Waals surface area contributed by atoms with Crippen LogP contribution < -0.4 is 5.32 Å². The average Bonchev–Trinajstić information content (AvgIpc) is 2.60. The first-order valence-electron chi connectivity index (χ1n) is 8.22. The summed E-state index contributed by atoms with van der Waals surface area (Å²) in [6, 6.07) is 15.9. The molecule has 1 N–H and O–H groups in total. The molecule has 0 heterocycles. The van der Waals surface area contributed by atoms with Crippen LogP contribution in [0.25, 0.3) is 0 Å². The second-order valence-electron chi connectivity index (χ2n) is 6.17. The van der Waals surface area contributed by atoms with Crippen molar-refractivity contribution in [3.63, 3.8) is 0 Å². The lowest BCUT2D eigenvalue weighted by atomic mass is 10.1. The standard InChI is InChI=1S/C19H24N2O3S/c1-15(2)21(3)25(23,24)18-12-10-17(11-13-18)20-19(22)14-9-16-7-5-4-6-8-16/h4-8,10-13,15H,9,14H2,1-3H3,(H,20,22). The van der Waals surface area contributed by atoms with E-state index in [2.05, 4.69) is 5.32 Å². The molecule has 134 valence electrons. The highest BCUT2D eigenvalue weighted by atomic mass is 32.2. The van der Waals surface area contributed by atoms with Crippen molar-refractivity contribution in [2.75, 3.05) is 12.4 Å². The second kappa shape index (κ2) is 8.27. The van der Waals surface area contributed by atoms with E-state index in [4.69, 9.17) is 0 Å². The minimum absolute atomic E-state index is 0.0984. The van der Waals surface area contributed by atoms with E-state index in [1.165, 1.54) is 16.4 Å². The number of rotatable bonds is 7. The molecule has 2 rings (SSSR count). The van der Waals surface area contributed by atoms with Crippen molar-refractivity contribution in [3.8, 4) is 0 Å². The molecule has 25 heavy (non-hydrogen) atoms. The third kappa shape index (κ3) is 5.14. The largest absolute Gasteiger partial charge is 0.326 e. The Kier molecular flexibility index (Phi) is 6.33. The number of anilines is 1. The zero-order valence-corrected chi connectivity index (χ0v) is 15.6. The van der Waals surface area contributed by atoms with E-state index >= 15 is 0 Å². The van der Waals surface area contributed by atoms with E-state index in [9.17, 15) is 13.2 Å². The van der Waals surface area contributed by atoms with Gasteiger partial charge in [0, 0.05) is 25.2 Å². The molecule has 0 aliphatic rings. The van der Waals surface area contributed by atoms with E-state index in [0.717, 1.165) is 5.56 Å². The van der Waals surface area contributed by atoms with Gasteiger partial charge in [-0.15, -0.1) is 0 Å². The molecule has 2 aromatic carbocycles. The maximum absolute atomic E-state index is 12.4. The van der Waals surface area contributed by atoms with E-state index < -0.39 is 10.0 Å². The summed E-state index contributed by atoms with van der Waals surface area (Å²) in [6.07, 6.45) is 1.04. The third-order valence-electron chi connectivity index (χ3n) is 4.03. The molecule has 0 unspecified atom stereocenters. The predicted molar refractivity (Wildman–Crippen MR) is 99.9 cm³/mol. The van der Waals surface area contributed by atoms with Crippen LogP contribution in [0.15, 0.2) is 59.5 Å². The summed E-state index contributed by atoms with van der Waals surface area (Å²) in [6.45, 7) is 3.64. The van der Waals surface area contributed by atoms with E-state index in [-0.39, 0.29) is 16.8 Å². The number of aryl methyl sites for hydroxylation is 1. The minimum atomic E-state index is -3.51. The van der Waals surface area contributed by atoms with Crippen molar-refractivity contribution in [1.29, 1.82) is 0 Å². The average molecular weight is 360 g/mol. The highest BCUT2D eigenvalue weighted by molar-refractivity contribution is 7.89. The van der Waals surface area contributed by atoms with Gasteiger partial charge in [-0.05, 0) is 50.1 Å². The van der Waals surface area contributed by atoms with Crippen LogP contribution in [0.5, 0.6) is 0 Å². The second-order valence-corrected chi connectivity index (χ2v) is 8.17. The Bertz CT molecular complexity index is 800. The number of nitrogens with one attached hydrogen (secondary N) is 1. The summed E-state index contributed by atoms with van der Waals surface area (Å²) < 4.78 is 26.1. The number of hydrogen-bond donors (Lipinski definition) is 1. The van der Waals surface area contributed by atoms with Crippen molar-refractivity contribution >= 4 is 21.6 Å². The zero-order chi connectivity index (χ0) is 18.4. The first-order valence-corrected chi connectivity index (χ1v) is 9.66. The zero-order valence-electron chi connectivity index (χ0n) is 14.8. The van der Waals surface area contributed by atoms with Gasteiger partial charge in [0.25, 0.3) is 0 Å². The fourth-order valence-corrected chi connectivity index (χ4v) is 3.65. The van der Waals surface area contributed by atoms with E-state index in [1.54, 1.807) is 19.2 Å². The molecule has 0 atom stereocenters. The van der Waals surface area contributed by atoms with Gasteiger partial charge in [-0.25, -0.2) is 8.42 Å². The Morgan fingerprint density at radius 3 is 2.20 bits per heavy atom. The molecule has 0 spiro atoms. The molecule has 0 aromatic heterocycles. The monoisotopic (exact) mass is 360 g/mol. The van der Waals surface area contributed by atoms with E-state index in [0.29, 0.717) is 18.5 Å². The number of carbonyl (C=O) groups is 1.